The molecule has 0 saturated carbocycles. The molecular formula is C19H19ClN2O5. The van der Waals surface area contributed by atoms with Crippen LogP contribution in [0.3, 0.4) is 0 Å². The average Bonchev–Trinajstić information content (AvgIpc) is 3.13. The number of fused-ring (bicyclic) bond motifs is 1. The Balaban J connectivity index is 1.51. The number of nitrogens with one attached hydrogen (secondary N) is 2. The van der Waals surface area contributed by atoms with Crippen molar-refractivity contribution in [2.75, 3.05) is 13.4 Å². The molecule has 0 spiro atoms. The van der Waals surface area contributed by atoms with Crippen molar-refractivity contribution in [3.05, 3.63) is 58.6 Å². The smallest absolute Gasteiger partial charge is 0.245 e. The molecule has 1 aliphatic heterocycles. The molecule has 3 rings (SSSR count). The summed E-state index contributed by atoms with van der Waals surface area (Å²) in [6, 6.07) is 11.2. The van der Waals surface area contributed by atoms with Crippen LogP contribution in [-0.2, 0) is 22.6 Å². The first-order valence-electron chi connectivity index (χ1n) is 8.36. The molecule has 0 saturated heterocycles. The van der Waals surface area contributed by atoms with Gasteiger partial charge in [0.2, 0.25) is 18.6 Å². The van der Waals surface area contributed by atoms with Crippen LogP contribution < -0.4 is 20.1 Å². The van der Waals surface area contributed by atoms with E-state index >= 15 is 0 Å². The average molecular weight is 391 g/mol. The molecule has 7 nitrogen and oxygen atoms in total. The Labute approximate surface area is 161 Å². The van der Waals surface area contributed by atoms with E-state index in [1.54, 1.807) is 42.5 Å². The molecule has 0 radical (unpaired) electrons. The summed E-state index contributed by atoms with van der Waals surface area (Å²) in [5.41, 5.74) is 1.58. The van der Waals surface area contributed by atoms with Gasteiger partial charge in [0.05, 0.1) is 13.0 Å². The predicted molar refractivity (Wildman–Crippen MR) is 98.6 cm³/mol. The molecule has 1 atom stereocenters. The molecule has 0 fully saturated rings. The van der Waals surface area contributed by atoms with Gasteiger partial charge in [-0.2, -0.15) is 0 Å². The minimum Gasteiger partial charge on any atom is -0.454 e. The molecule has 1 aliphatic rings. The summed E-state index contributed by atoms with van der Waals surface area (Å²) in [4.78, 5) is 24.4. The van der Waals surface area contributed by atoms with Gasteiger partial charge < -0.3 is 25.2 Å². The van der Waals surface area contributed by atoms with Gasteiger partial charge in [-0.1, -0.05) is 29.8 Å². The van der Waals surface area contributed by atoms with E-state index in [9.17, 15) is 14.7 Å². The van der Waals surface area contributed by atoms with Gasteiger partial charge in [-0.25, -0.2) is 0 Å². The Morgan fingerprint density at radius 2 is 1.78 bits per heavy atom. The van der Waals surface area contributed by atoms with Gasteiger partial charge in [-0.15, -0.1) is 0 Å². The molecule has 3 N–H and O–H groups in total. The van der Waals surface area contributed by atoms with Crippen LogP contribution in [0.1, 0.15) is 11.1 Å². The maximum atomic E-state index is 12.2. The first-order chi connectivity index (χ1) is 13.0. The number of carbonyl (C=O) groups excluding carboxylic acids is 2. The van der Waals surface area contributed by atoms with Crippen molar-refractivity contribution >= 4 is 23.4 Å². The lowest BCUT2D eigenvalue weighted by Gasteiger charge is -2.16. The van der Waals surface area contributed by atoms with E-state index in [2.05, 4.69) is 10.6 Å². The monoisotopic (exact) mass is 390 g/mol. The van der Waals surface area contributed by atoms with E-state index in [0.717, 1.165) is 11.1 Å². The number of aliphatic hydroxyl groups is 1. The topological polar surface area (TPSA) is 96.9 Å². The van der Waals surface area contributed by atoms with Crippen LogP contribution in [0.15, 0.2) is 42.5 Å². The van der Waals surface area contributed by atoms with Gasteiger partial charge in [0.1, 0.15) is 6.04 Å². The van der Waals surface area contributed by atoms with E-state index in [1.807, 2.05) is 0 Å². The van der Waals surface area contributed by atoms with E-state index in [-0.39, 0.29) is 25.7 Å². The summed E-state index contributed by atoms with van der Waals surface area (Å²) in [6.07, 6.45) is 0.0532. The van der Waals surface area contributed by atoms with Crippen LogP contribution in [0.25, 0.3) is 0 Å². The van der Waals surface area contributed by atoms with E-state index in [0.29, 0.717) is 16.5 Å². The minimum atomic E-state index is -1.03. The molecule has 0 aliphatic carbocycles. The molecule has 1 heterocycles. The van der Waals surface area contributed by atoms with Crippen molar-refractivity contribution in [1.29, 1.82) is 0 Å². The molecule has 0 bridgehead atoms. The first-order valence-corrected chi connectivity index (χ1v) is 8.74. The van der Waals surface area contributed by atoms with Crippen LogP contribution in [0.4, 0.5) is 0 Å². The fourth-order valence-electron chi connectivity index (χ4n) is 2.59. The summed E-state index contributed by atoms with van der Waals surface area (Å²) >= 11 is 5.82. The Bertz CT molecular complexity index is 825. The van der Waals surface area contributed by atoms with E-state index in [4.69, 9.17) is 21.1 Å². The second-order valence-corrected chi connectivity index (χ2v) is 6.45. The highest BCUT2D eigenvalue weighted by atomic mass is 35.5. The molecule has 142 valence electrons. The number of aliphatic hydroxyl groups excluding tert-OH is 1. The fourth-order valence-corrected chi connectivity index (χ4v) is 2.72. The molecule has 8 heteroatoms. The zero-order valence-electron chi connectivity index (χ0n) is 14.4. The summed E-state index contributed by atoms with van der Waals surface area (Å²) in [5.74, 6) is 0.370. The summed E-state index contributed by atoms with van der Waals surface area (Å²) in [7, 11) is 0. The lowest BCUT2D eigenvalue weighted by atomic mass is 10.1. The highest BCUT2D eigenvalue weighted by molar-refractivity contribution is 6.30. The number of hydrogen-bond donors (Lipinski definition) is 3. The molecule has 2 aromatic rings. The molecule has 2 aromatic carbocycles. The van der Waals surface area contributed by atoms with Crippen molar-refractivity contribution in [3.63, 3.8) is 0 Å². The number of amides is 2. The number of halogens is 1. The lowest BCUT2D eigenvalue weighted by Crippen LogP contribution is -2.49. The van der Waals surface area contributed by atoms with Gasteiger partial charge in [-0.05, 0) is 35.4 Å². The zero-order valence-corrected chi connectivity index (χ0v) is 15.2. The third kappa shape index (κ3) is 5.12. The zero-order chi connectivity index (χ0) is 19.2. The number of ether oxygens (including phenoxy) is 2. The second-order valence-electron chi connectivity index (χ2n) is 6.01. The predicted octanol–water partition coefficient (Wildman–Crippen LogP) is 1.40. The van der Waals surface area contributed by atoms with Crippen LogP contribution in [0.2, 0.25) is 5.02 Å². The van der Waals surface area contributed by atoms with Crippen LogP contribution in [0.5, 0.6) is 11.5 Å². The van der Waals surface area contributed by atoms with Gasteiger partial charge >= 0.3 is 0 Å². The van der Waals surface area contributed by atoms with Crippen LogP contribution in [-0.4, -0.2) is 36.4 Å². The second kappa shape index (κ2) is 8.75. The SMILES string of the molecule is O=C(Cc1ccc2c(c1)OCO2)NC(CO)C(=O)NCc1ccc(Cl)cc1. The van der Waals surface area contributed by atoms with Crippen molar-refractivity contribution in [1.82, 2.24) is 10.6 Å². The van der Waals surface area contributed by atoms with Gasteiger partial charge in [0.25, 0.3) is 0 Å². The number of benzene rings is 2. The fraction of sp³-hybridized carbons (Fsp3) is 0.263. The third-order valence-corrected chi connectivity index (χ3v) is 4.27. The Morgan fingerprint density at radius 3 is 2.52 bits per heavy atom. The van der Waals surface area contributed by atoms with Gasteiger partial charge in [0.15, 0.2) is 11.5 Å². The van der Waals surface area contributed by atoms with Crippen molar-refractivity contribution < 1.29 is 24.2 Å². The Kier molecular flexibility index (Phi) is 6.16. The maximum Gasteiger partial charge on any atom is 0.245 e. The number of hydrogen-bond acceptors (Lipinski definition) is 5. The van der Waals surface area contributed by atoms with Crippen LogP contribution in [0, 0.1) is 0 Å². The third-order valence-electron chi connectivity index (χ3n) is 4.02. The van der Waals surface area contributed by atoms with Gasteiger partial charge in [-0.3, -0.25) is 9.59 Å². The van der Waals surface area contributed by atoms with Crippen molar-refractivity contribution in [2.24, 2.45) is 0 Å². The number of carbonyl (C=O) groups is 2. The van der Waals surface area contributed by atoms with Crippen molar-refractivity contribution in [3.8, 4) is 11.5 Å². The summed E-state index contributed by atoms with van der Waals surface area (Å²) in [6.45, 7) is -0.0742. The van der Waals surface area contributed by atoms with Crippen LogP contribution >= 0.6 is 11.6 Å². The molecule has 1 unspecified atom stereocenters. The largest absolute Gasteiger partial charge is 0.454 e. The first kappa shape index (κ1) is 19.0. The van der Waals surface area contributed by atoms with Crippen molar-refractivity contribution in [2.45, 2.75) is 19.0 Å². The van der Waals surface area contributed by atoms with Gasteiger partial charge in [0, 0.05) is 11.6 Å². The summed E-state index contributed by atoms with van der Waals surface area (Å²) in [5, 5.41) is 15.3. The minimum absolute atomic E-state index is 0.0532. The Hall–Kier alpha value is -2.77. The Morgan fingerprint density at radius 1 is 1.07 bits per heavy atom. The maximum absolute atomic E-state index is 12.2. The number of rotatable bonds is 7. The lowest BCUT2D eigenvalue weighted by molar-refractivity contribution is -0.129. The molecular weight excluding hydrogens is 372 g/mol. The highest BCUT2D eigenvalue weighted by Crippen LogP contribution is 2.32. The normalized spacial score (nSPS) is 13.1. The molecule has 27 heavy (non-hydrogen) atoms. The molecule has 2 amide bonds. The standard InChI is InChI=1S/C19H19ClN2O5/c20-14-4-1-12(2-5-14)9-21-19(25)15(10-23)22-18(24)8-13-3-6-16-17(7-13)27-11-26-16/h1-7,15,23H,8-11H2,(H,21,25)(H,22,24). The highest BCUT2D eigenvalue weighted by Gasteiger charge is 2.20. The quantitative estimate of drug-likeness (QED) is 0.664. The molecule has 0 aromatic heterocycles. The summed E-state index contributed by atoms with van der Waals surface area (Å²) < 4.78 is 10.5. The van der Waals surface area contributed by atoms with E-state index in [1.165, 1.54) is 0 Å². The van der Waals surface area contributed by atoms with E-state index < -0.39 is 18.6 Å².